The van der Waals surface area contributed by atoms with E-state index in [-0.39, 0.29) is 23.3 Å². The zero-order valence-electron chi connectivity index (χ0n) is 20.6. The summed E-state index contributed by atoms with van der Waals surface area (Å²) in [6, 6.07) is 6.42. The normalized spacial score (nSPS) is 26.4. The first-order valence-electron chi connectivity index (χ1n) is 12.4. The summed E-state index contributed by atoms with van der Waals surface area (Å²) in [5, 5.41) is 0. The topological polar surface area (TPSA) is 67.8 Å². The molecule has 2 aromatic rings. The van der Waals surface area contributed by atoms with Gasteiger partial charge in [0.05, 0.1) is 25.1 Å². The van der Waals surface area contributed by atoms with Gasteiger partial charge in [-0.3, -0.25) is 19.7 Å². The van der Waals surface area contributed by atoms with Crippen LogP contribution in [0.2, 0.25) is 0 Å². The minimum atomic E-state index is 0.0770. The molecule has 182 valence electrons. The lowest BCUT2D eigenvalue weighted by Crippen LogP contribution is -2.40. The molecule has 1 aromatic heterocycles. The highest BCUT2D eigenvalue weighted by Gasteiger charge is 2.50. The largest absolute Gasteiger partial charge is 0.483 e. The Hall–Kier alpha value is -2.51. The van der Waals surface area contributed by atoms with Crippen LogP contribution in [0.4, 0.5) is 0 Å². The van der Waals surface area contributed by atoms with Gasteiger partial charge in [0.25, 0.3) is 5.91 Å². The van der Waals surface area contributed by atoms with E-state index in [2.05, 4.69) is 46.6 Å². The quantitative estimate of drug-likeness (QED) is 0.648. The minimum Gasteiger partial charge on any atom is -0.483 e. The van der Waals surface area contributed by atoms with Crippen molar-refractivity contribution in [1.82, 2.24) is 19.8 Å². The monoisotopic (exact) mass is 464 g/mol. The summed E-state index contributed by atoms with van der Waals surface area (Å²) < 4.78 is 11.7. The molecule has 2 atom stereocenters. The van der Waals surface area contributed by atoms with E-state index in [1.807, 2.05) is 12.1 Å². The standard InChI is InChI=1S/C27H36N4O3/c1-26(2)13-22-14-27(3,18-26)19-31(22)25(32)17-34-24-5-4-20(23-15-28-6-7-29-23)12-21(24)16-30-8-10-33-11-9-30/h4-7,12,15,22H,8-11,13-14,16-19H2,1-3H3/t22-,27-/m0/s1. The molecule has 3 heterocycles. The molecule has 3 fully saturated rings. The number of rotatable bonds is 6. The van der Waals surface area contributed by atoms with E-state index in [4.69, 9.17) is 9.47 Å². The molecule has 0 N–H and O–H groups in total. The fourth-order valence-electron chi connectivity index (χ4n) is 6.43. The van der Waals surface area contributed by atoms with Crippen molar-refractivity contribution in [3.63, 3.8) is 0 Å². The molecule has 3 aliphatic rings. The van der Waals surface area contributed by atoms with Crippen LogP contribution in [-0.4, -0.2) is 71.2 Å². The first-order chi connectivity index (χ1) is 16.3. The highest BCUT2D eigenvalue weighted by atomic mass is 16.5. The third-order valence-electron chi connectivity index (χ3n) is 7.50. The van der Waals surface area contributed by atoms with Gasteiger partial charge in [0.1, 0.15) is 5.75 Å². The number of hydrogen-bond acceptors (Lipinski definition) is 6. The first kappa shape index (κ1) is 23.2. The van der Waals surface area contributed by atoms with Crippen LogP contribution >= 0.6 is 0 Å². The number of aromatic nitrogens is 2. The molecule has 5 rings (SSSR count). The number of ether oxygens (including phenoxy) is 2. The van der Waals surface area contributed by atoms with Crippen molar-refractivity contribution < 1.29 is 14.3 Å². The highest BCUT2D eigenvalue weighted by Crippen LogP contribution is 2.52. The number of hydrogen-bond donors (Lipinski definition) is 0. The van der Waals surface area contributed by atoms with Crippen molar-refractivity contribution in [1.29, 1.82) is 0 Å². The van der Waals surface area contributed by atoms with Gasteiger partial charge in [-0.05, 0) is 48.3 Å². The Morgan fingerprint density at radius 1 is 1.18 bits per heavy atom. The number of fused-ring (bicyclic) bond motifs is 2. The van der Waals surface area contributed by atoms with Crippen LogP contribution in [0, 0.1) is 10.8 Å². The van der Waals surface area contributed by atoms with Crippen molar-refractivity contribution in [2.24, 2.45) is 10.8 Å². The summed E-state index contributed by atoms with van der Waals surface area (Å²) in [4.78, 5) is 26.4. The molecular formula is C27H36N4O3. The Bertz CT molecular complexity index is 1020. The van der Waals surface area contributed by atoms with Gasteiger partial charge < -0.3 is 14.4 Å². The van der Waals surface area contributed by atoms with Gasteiger partial charge in [-0.25, -0.2) is 0 Å². The Morgan fingerprint density at radius 3 is 2.76 bits per heavy atom. The van der Waals surface area contributed by atoms with Crippen molar-refractivity contribution in [2.45, 2.75) is 52.6 Å². The van der Waals surface area contributed by atoms with Crippen molar-refractivity contribution in [2.75, 3.05) is 39.5 Å². The predicted molar refractivity (Wildman–Crippen MR) is 130 cm³/mol. The van der Waals surface area contributed by atoms with Crippen molar-refractivity contribution in [3.05, 3.63) is 42.4 Å². The van der Waals surface area contributed by atoms with E-state index in [1.54, 1.807) is 18.6 Å². The number of carbonyl (C=O) groups is 1. The third-order valence-corrected chi connectivity index (χ3v) is 7.50. The Balaban J connectivity index is 1.32. The zero-order valence-corrected chi connectivity index (χ0v) is 20.6. The Labute approximate surface area is 202 Å². The number of carbonyl (C=O) groups excluding carboxylic acids is 1. The molecule has 34 heavy (non-hydrogen) atoms. The summed E-state index contributed by atoms with van der Waals surface area (Å²) in [6.45, 7) is 11.9. The number of nitrogens with zero attached hydrogens (tertiary/aromatic N) is 4. The molecule has 1 aliphatic carbocycles. The first-order valence-corrected chi connectivity index (χ1v) is 12.4. The van der Waals surface area contributed by atoms with Gasteiger partial charge in [0.15, 0.2) is 6.61 Å². The Kier molecular flexibility index (Phi) is 6.34. The van der Waals surface area contributed by atoms with Crippen molar-refractivity contribution in [3.8, 4) is 17.0 Å². The molecule has 2 aliphatic heterocycles. The molecular weight excluding hydrogens is 428 g/mol. The van der Waals surface area contributed by atoms with E-state index in [9.17, 15) is 4.79 Å². The van der Waals surface area contributed by atoms with Crippen LogP contribution in [0.25, 0.3) is 11.3 Å². The van der Waals surface area contributed by atoms with Crippen LogP contribution in [0.1, 0.15) is 45.6 Å². The van der Waals surface area contributed by atoms with Crippen molar-refractivity contribution >= 4 is 5.91 Å². The Morgan fingerprint density at radius 2 is 2.00 bits per heavy atom. The van der Waals surface area contributed by atoms with Gasteiger partial charge in [-0.1, -0.05) is 20.8 Å². The van der Waals surface area contributed by atoms with Gasteiger partial charge in [0.2, 0.25) is 0 Å². The second kappa shape index (κ2) is 9.27. The SMILES string of the molecule is CC1(C)C[C@H]2C[C@](C)(CN2C(=O)COc2ccc(-c3cnccn3)cc2CN2CCOCC2)C1. The van der Waals surface area contributed by atoms with Gasteiger partial charge in [0, 0.05) is 55.7 Å². The maximum absolute atomic E-state index is 13.3. The van der Waals surface area contributed by atoms with Gasteiger partial charge >= 0.3 is 0 Å². The molecule has 7 nitrogen and oxygen atoms in total. The van der Waals surface area contributed by atoms with Crippen LogP contribution < -0.4 is 4.74 Å². The summed E-state index contributed by atoms with van der Waals surface area (Å²) in [5.41, 5.74) is 3.40. The van der Waals surface area contributed by atoms with Crippen LogP contribution in [0.3, 0.4) is 0 Å². The predicted octanol–water partition coefficient (Wildman–Crippen LogP) is 3.78. The number of morpholine rings is 1. The van der Waals surface area contributed by atoms with Gasteiger partial charge in [-0.15, -0.1) is 0 Å². The lowest BCUT2D eigenvalue weighted by atomic mass is 9.65. The molecule has 0 radical (unpaired) electrons. The fraction of sp³-hybridized carbons (Fsp3) is 0.593. The summed E-state index contributed by atoms with van der Waals surface area (Å²) in [5.74, 6) is 0.864. The number of likely N-dealkylation sites (tertiary alicyclic amines) is 1. The minimum absolute atomic E-state index is 0.0770. The van der Waals surface area contributed by atoms with Crippen LogP contribution in [-0.2, 0) is 16.1 Å². The second-order valence-corrected chi connectivity index (χ2v) is 11.3. The molecule has 0 spiro atoms. The smallest absolute Gasteiger partial charge is 0.260 e. The van der Waals surface area contributed by atoms with E-state index < -0.39 is 0 Å². The van der Waals surface area contributed by atoms with E-state index in [0.29, 0.717) is 6.04 Å². The van der Waals surface area contributed by atoms with Crippen LogP contribution in [0.5, 0.6) is 5.75 Å². The average Bonchev–Trinajstić information content (AvgIpc) is 3.08. The van der Waals surface area contributed by atoms with Gasteiger partial charge in [-0.2, -0.15) is 0 Å². The maximum Gasteiger partial charge on any atom is 0.260 e. The lowest BCUT2D eigenvalue weighted by Gasteiger charge is -2.39. The molecule has 7 heteroatoms. The number of amides is 1. The fourth-order valence-corrected chi connectivity index (χ4v) is 6.43. The summed E-state index contributed by atoms with van der Waals surface area (Å²) >= 11 is 0. The van der Waals surface area contributed by atoms with E-state index >= 15 is 0 Å². The summed E-state index contributed by atoms with van der Waals surface area (Å²) in [6.07, 6.45) is 8.50. The molecule has 1 saturated carbocycles. The van der Waals surface area contributed by atoms with E-state index in [0.717, 1.165) is 74.8 Å². The lowest BCUT2D eigenvalue weighted by molar-refractivity contribution is -0.134. The molecule has 2 bridgehead atoms. The van der Waals surface area contributed by atoms with Crippen LogP contribution in [0.15, 0.2) is 36.8 Å². The average molecular weight is 465 g/mol. The highest BCUT2D eigenvalue weighted by molar-refractivity contribution is 5.78. The van der Waals surface area contributed by atoms with E-state index in [1.165, 1.54) is 6.42 Å². The third kappa shape index (κ3) is 5.10. The molecule has 1 aromatic carbocycles. The number of benzene rings is 1. The zero-order chi connectivity index (χ0) is 23.8. The summed E-state index contributed by atoms with van der Waals surface area (Å²) in [7, 11) is 0. The maximum atomic E-state index is 13.3. The molecule has 1 amide bonds. The molecule has 2 saturated heterocycles. The molecule has 0 unspecified atom stereocenters. The second-order valence-electron chi connectivity index (χ2n) is 11.3.